The van der Waals surface area contributed by atoms with Crippen LogP contribution in [0.2, 0.25) is 5.02 Å². The predicted molar refractivity (Wildman–Crippen MR) is 123 cm³/mol. The molecule has 1 amide bonds. The SMILES string of the molecule is CCc1noc(CC)c1CNC(=NC)NCCNC(=O)c1ccccc1Cl.I. The Kier molecular flexibility index (Phi) is 10.9. The first-order valence-corrected chi connectivity index (χ1v) is 9.42. The first kappa shape index (κ1) is 24.2. The fourth-order valence-electron chi connectivity index (χ4n) is 2.63. The van der Waals surface area contributed by atoms with Gasteiger partial charge >= 0.3 is 0 Å². The van der Waals surface area contributed by atoms with Gasteiger partial charge in [0, 0.05) is 38.7 Å². The van der Waals surface area contributed by atoms with Gasteiger partial charge in [0.05, 0.1) is 16.3 Å². The number of benzene rings is 1. The number of aliphatic imine (C=N–C) groups is 1. The van der Waals surface area contributed by atoms with E-state index in [1.807, 2.05) is 6.92 Å². The second-order valence-electron chi connectivity index (χ2n) is 5.83. The number of rotatable bonds is 8. The molecule has 0 fully saturated rings. The highest BCUT2D eigenvalue weighted by Crippen LogP contribution is 2.15. The van der Waals surface area contributed by atoms with Gasteiger partial charge in [-0.05, 0) is 18.6 Å². The van der Waals surface area contributed by atoms with Crippen LogP contribution in [0.25, 0.3) is 0 Å². The largest absolute Gasteiger partial charge is 0.361 e. The molecule has 28 heavy (non-hydrogen) atoms. The molecule has 1 aromatic carbocycles. The van der Waals surface area contributed by atoms with E-state index in [1.54, 1.807) is 31.3 Å². The van der Waals surface area contributed by atoms with Gasteiger partial charge in [-0.15, -0.1) is 24.0 Å². The lowest BCUT2D eigenvalue weighted by Crippen LogP contribution is -2.41. The minimum Gasteiger partial charge on any atom is -0.361 e. The van der Waals surface area contributed by atoms with Gasteiger partial charge in [0.25, 0.3) is 5.91 Å². The molecule has 1 heterocycles. The normalized spacial score (nSPS) is 10.9. The number of halogens is 2. The van der Waals surface area contributed by atoms with Gasteiger partial charge in [-0.25, -0.2) is 0 Å². The van der Waals surface area contributed by atoms with Crippen molar-refractivity contribution in [2.24, 2.45) is 4.99 Å². The maximum Gasteiger partial charge on any atom is 0.252 e. The van der Waals surface area contributed by atoms with Crippen molar-refractivity contribution in [1.29, 1.82) is 0 Å². The van der Waals surface area contributed by atoms with Gasteiger partial charge in [-0.3, -0.25) is 9.79 Å². The first-order chi connectivity index (χ1) is 13.1. The average Bonchev–Trinajstić information content (AvgIpc) is 3.09. The number of aryl methyl sites for hydroxylation is 2. The molecule has 2 aromatic rings. The van der Waals surface area contributed by atoms with Crippen molar-refractivity contribution in [3.63, 3.8) is 0 Å². The number of carbonyl (C=O) groups excluding carboxylic acids is 1. The van der Waals surface area contributed by atoms with E-state index in [0.29, 0.717) is 36.2 Å². The number of hydrogen-bond acceptors (Lipinski definition) is 4. The number of nitrogens with one attached hydrogen (secondary N) is 3. The van der Waals surface area contributed by atoms with E-state index in [-0.39, 0.29) is 29.9 Å². The Hall–Kier alpha value is -1.81. The van der Waals surface area contributed by atoms with Gasteiger partial charge in [-0.1, -0.05) is 42.7 Å². The Morgan fingerprint density at radius 3 is 2.50 bits per heavy atom. The fraction of sp³-hybridized carbons (Fsp3) is 0.421. The van der Waals surface area contributed by atoms with E-state index < -0.39 is 0 Å². The topological polar surface area (TPSA) is 91.6 Å². The number of hydrogen-bond donors (Lipinski definition) is 3. The van der Waals surface area contributed by atoms with Crippen LogP contribution >= 0.6 is 35.6 Å². The summed E-state index contributed by atoms with van der Waals surface area (Å²) in [5, 5.41) is 13.8. The van der Waals surface area contributed by atoms with Gasteiger partial charge in [0.2, 0.25) is 0 Å². The van der Waals surface area contributed by atoms with Crippen LogP contribution in [-0.4, -0.2) is 37.2 Å². The van der Waals surface area contributed by atoms with Crippen molar-refractivity contribution in [3.05, 3.63) is 51.9 Å². The van der Waals surface area contributed by atoms with Crippen LogP contribution in [0.3, 0.4) is 0 Å². The zero-order valence-corrected chi connectivity index (χ0v) is 19.4. The van der Waals surface area contributed by atoms with E-state index in [0.717, 1.165) is 29.9 Å². The van der Waals surface area contributed by atoms with Crippen LogP contribution in [0, 0.1) is 0 Å². The van der Waals surface area contributed by atoms with Crippen LogP contribution in [0.15, 0.2) is 33.8 Å². The zero-order valence-electron chi connectivity index (χ0n) is 16.3. The highest BCUT2D eigenvalue weighted by Gasteiger charge is 2.13. The summed E-state index contributed by atoms with van der Waals surface area (Å²) in [4.78, 5) is 16.3. The minimum atomic E-state index is -0.199. The lowest BCUT2D eigenvalue weighted by molar-refractivity contribution is 0.0954. The summed E-state index contributed by atoms with van der Waals surface area (Å²) in [7, 11) is 1.70. The Bertz CT molecular complexity index is 773. The van der Waals surface area contributed by atoms with Gasteiger partial charge in [0.1, 0.15) is 5.76 Å². The van der Waals surface area contributed by atoms with Crippen molar-refractivity contribution in [2.75, 3.05) is 20.1 Å². The van der Waals surface area contributed by atoms with Gasteiger partial charge < -0.3 is 20.5 Å². The van der Waals surface area contributed by atoms with Crippen molar-refractivity contribution >= 4 is 47.4 Å². The molecule has 9 heteroatoms. The number of guanidine groups is 1. The molecule has 0 atom stereocenters. The van der Waals surface area contributed by atoms with Gasteiger partial charge in [-0.2, -0.15) is 0 Å². The summed E-state index contributed by atoms with van der Waals surface area (Å²) < 4.78 is 5.37. The molecule has 0 spiro atoms. The molecule has 2 rings (SSSR count). The summed E-state index contributed by atoms with van der Waals surface area (Å²) >= 11 is 6.03. The van der Waals surface area contributed by atoms with Crippen LogP contribution in [0.5, 0.6) is 0 Å². The molecule has 0 aliphatic carbocycles. The quantitative estimate of drug-likeness (QED) is 0.216. The molecular weight excluding hydrogens is 493 g/mol. The minimum absolute atomic E-state index is 0. The molecule has 154 valence electrons. The van der Waals surface area contributed by atoms with Crippen LogP contribution in [0.4, 0.5) is 0 Å². The van der Waals surface area contributed by atoms with Crippen LogP contribution in [-0.2, 0) is 19.4 Å². The Labute approximate surface area is 187 Å². The smallest absolute Gasteiger partial charge is 0.252 e. The Morgan fingerprint density at radius 1 is 1.14 bits per heavy atom. The first-order valence-electron chi connectivity index (χ1n) is 9.04. The number of carbonyl (C=O) groups is 1. The standard InChI is InChI=1S/C19H26ClN5O2.HI/c1-4-16-14(17(5-2)27-25-16)12-24-19(21-3)23-11-10-22-18(26)13-8-6-7-9-15(13)20;/h6-9H,4-5,10-12H2,1-3H3,(H,22,26)(H2,21,23,24);1H. The fourth-order valence-corrected chi connectivity index (χ4v) is 2.85. The summed E-state index contributed by atoms with van der Waals surface area (Å²) in [6.07, 6.45) is 1.62. The lowest BCUT2D eigenvalue weighted by Gasteiger charge is -2.13. The van der Waals surface area contributed by atoms with Gasteiger partial charge in [0.15, 0.2) is 5.96 Å². The van der Waals surface area contributed by atoms with E-state index in [9.17, 15) is 4.79 Å². The van der Waals surface area contributed by atoms with E-state index >= 15 is 0 Å². The van der Waals surface area contributed by atoms with Crippen molar-refractivity contribution in [2.45, 2.75) is 33.2 Å². The molecule has 0 aliphatic heterocycles. The second-order valence-corrected chi connectivity index (χ2v) is 6.23. The van der Waals surface area contributed by atoms with Crippen LogP contribution in [0.1, 0.15) is 41.2 Å². The third-order valence-electron chi connectivity index (χ3n) is 4.08. The molecule has 0 bridgehead atoms. The maximum absolute atomic E-state index is 12.1. The Balaban J connectivity index is 0.00000392. The predicted octanol–water partition coefficient (Wildman–Crippen LogP) is 3.17. The summed E-state index contributed by atoms with van der Waals surface area (Å²) in [5.41, 5.74) is 2.50. The van der Waals surface area contributed by atoms with Crippen molar-refractivity contribution in [3.8, 4) is 0 Å². The molecule has 0 saturated carbocycles. The molecule has 7 nitrogen and oxygen atoms in total. The Morgan fingerprint density at radius 2 is 1.86 bits per heavy atom. The summed E-state index contributed by atoms with van der Waals surface area (Å²) in [5.74, 6) is 1.34. The highest BCUT2D eigenvalue weighted by molar-refractivity contribution is 14.0. The van der Waals surface area contributed by atoms with E-state index in [1.165, 1.54) is 0 Å². The molecule has 3 N–H and O–H groups in total. The van der Waals surface area contributed by atoms with Crippen LogP contribution < -0.4 is 16.0 Å². The summed E-state index contributed by atoms with van der Waals surface area (Å²) in [6.45, 7) is 5.65. The molecule has 0 aliphatic rings. The molecule has 0 saturated heterocycles. The average molecular weight is 520 g/mol. The number of aromatic nitrogens is 1. The molecular formula is C19H27ClIN5O2. The zero-order chi connectivity index (χ0) is 19.6. The second kappa shape index (κ2) is 12.6. The molecule has 0 unspecified atom stereocenters. The van der Waals surface area contributed by atoms with Crippen molar-refractivity contribution in [1.82, 2.24) is 21.1 Å². The third kappa shape index (κ3) is 6.66. The third-order valence-corrected chi connectivity index (χ3v) is 4.41. The number of amides is 1. The molecule has 0 radical (unpaired) electrons. The molecule has 1 aromatic heterocycles. The lowest BCUT2D eigenvalue weighted by atomic mass is 10.1. The number of nitrogens with zero attached hydrogens (tertiary/aromatic N) is 2. The van der Waals surface area contributed by atoms with E-state index in [2.05, 4.69) is 33.0 Å². The van der Waals surface area contributed by atoms with Crippen molar-refractivity contribution < 1.29 is 9.32 Å². The van der Waals surface area contributed by atoms with E-state index in [4.69, 9.17) is 16.1 Å². The monoisotopic (exact) mass is 519 g/mol. The highest BCUT2D eigenvalue weighted by atomic mass is 127. The summed E-state index contributed by atoms with van der Waals surface area (Å²) in [6, 6.07) is 6.96. The maximum atomic E-state index is 12.1.